The summed E-state index contributed by atoms with van der Waals surface area (Å²) in [5, 5.41) is 0. The fraction of sp³-hybridized carbons (Fsp3) is 0.667. The van der Waals surface area contributed by atoms with Crippen molar-refractivity contribution < 1.29 is 4.79 Å². The maximum atomic E-state index is 11.9. The van der Waals surface area contributed by atoms with Crippen LogP contribution in [0.5, 0.6) is 0 Å². The van der Waals surface area contributed by atoms with Crippen LogP contribution in [-0.4, -0.2) is 10.4 Å². The van der Waals surface area contributed by atoms with Gasteiger partial charge in [0.25, 0.3) is 0 Å². The first kappa shape index (κ1) is 12.4. The molecule has 1 aliphatic rings. The van der Waals surface area contributed by atoms with E-state index in [1.54, 1.807) is 0 Å². The Kier molecular flexibility index (Phi) is 4.03. The molecule has 2 heteroatoms. The summed E-state index contributed by atoms with van der Waals surface area (Å²) in [5.74, 6) is 1.12. The van der Waals surface area contributed by atoms with Gasteiger partial charge in [-0.25, -0.2) is 0 Å². The molecule has 94 valence electrons. The lowest BCUT2D eigenvalue weighted by Crippen LogP contribution is -1.99. The van der Waals surface area contributed by atoms with Crippen LogP contribution < -0.4 is 0 Å². The fourth-order valence-corrected chi connectivity index (χ4v) is 2.55. The molecule has 0 spiro atoms. The lowest BCUT2D eigenvalue weighted by molar-refractivity contribution is 0.0982. The van der Waals surface area contributed by atoms with Gasteiger partial charge in [-0.15, -0.1) is 0 Å². The second-order valence-corrected chi connectivity index (χ2v) is 5.60. The van der Waals surface area contributed by atoms with E-state index in [0.717, 1.165) is 43.7 Å². The SMILES string of the molecule is CC(C)CCCn1cc2c(c1)C(=O)CCCC2. The van der Waals surface area contributed by atoms with Gasteiger partial charge >= 0.3 is 0 Å². The molecule has 0 N–H and O–H groups in total. The number of rotatable bonds is 4. The summed E-state index contributed by atoms with van der Waals surface area (Å²) in [4.78, 5) is 11.9. The number of carbonyl (C=O) groups excluding carboxylic acids is 1. The van der Waals surface area contributed by atoms with Crippen LogP contribution >= 0.6 is 0 Å². The van der Waals surface area contributed by atoms with Gasteiger partial charge in [0.2, 0.25) is 0 Å². The van der Waals surface area contributed by atoms with Crippen LogP contribution in [0.2, 0.25) is 0 Å². The summed E-state index contributed by atoms with van der Waals surface area (Å²) in [6, 6.07) is 0. The predicted octanol–water partition coefficient (Wildman–Crippen LogP) is 3.83. The van der Waals surface area contributed by atoms with E-state index in [2.05, 4.69) is 30.8 Å². The third kappa shape index (κ3) is 3.21. The Balaban J connectivity index is 2.01. The Labute approximate surface area is 104 Å². The summed E-state index contributed by atoms with van der Waals surface area (Å²) < 4.78 is 2.22. The van der Waals surface area contributed by atoms with Gasteiger partial charge in [-0.05, 0) is 43.6 Å². The van der Waals surface area contributed by atoms with Crippen molar-refractivity contribution in [2.75, 3.05) is 0 Å². The van der Waals surface area contributed by atoms with E-state index >= 15 is 0 Å². The van der Waals surface area contributed by atoms with Crippen LogP contribution in [0, 0.1) is 5.92 Å². The number of Topliss-reactive ketones (excluding diaryl/α,β-unsaturated/α-hetero) is 1. The van der Waals surface area contributed by atoms with Crippen molar-refractivity contribution in [2.45, 2.75) is 58.9 Å². The van der Waals surface area contributed by atoms with Crippen LogP contribution in [0.1, 0.15) is 61.9 Å². The molecule has 0 saturated heterocycles. The fourth-order valence-electron chi connectivity index (χ4n) is 2.55. The van der Waals surface area contributed by atoms with Gasteiger partial charge in [-0.3, -0.25) is 4.79 Å². The summed E-state index contributed by atoms with van der Waals surface area (Å²) >= 11 is 0. The average Bonchev–Trinajstić information content (AvgIpc) is 2.60. The first-order chi connectivity index (χ1) is 8.16. The van der Waals surface area contributed by atoms with Crippen molar-refractivity contribution in [3.05, 3.63) is 23.5 Å². The first-order valence-electron chi connectivity index (χ1n) is 6.88. The van der Waals surface area contributed by atoms with Crippen molar-refractivity contribution in [3.8, 4) is 0 Å². The Morgan fingerprint density at radius 1 is 1.24 bits per heavy atom. The minimum Gasteiger partial charge on any atom is -0.353 e. The lowest BCUT2D eigenvalue weighted by Gasteiger charge is -2.05. The molecule has 1 heterocycles. The molecule has 0 radical (unpaired) electrons. The third-order valence-electron chi connectivity index (χ3n) is 3.56. The minimum atomic E-state index is 0.347. The second kappa shape index (κ2) is 5.52. The third-order valence-corrected chi connectivity index (χ3v) is 3.56. The first-order valence-corrected chi connectivity index (χ1v) is 6.88. The number of ketones is 1. The number of hydrogen-bond acceptors (Lipinski definition) is 1. The highest BCUT2D eigenvalue weighted by Gasteiger charge is 2.17. The van der Waals surface area contributed by atoms with Gasteiger partial charge in [0, 0.05) is 30.9 Å². The highest BCUT2D eigenvalue weighted by Crippen LogP contribution is 2.22. The number of fused-ring (bicyclic) bond motifs is 1. The molecule has 0 unspecified atom stereocenters. The average molecular weight is 233 g/mol. The van der Waals surface area contributed by atoms with Crippen LogP contribution in [0.3, 0.4) is 0 Å². The quantitative estimate of drug-likeness (QED) is 0.724. The van der Waals surface area contributed by atoms with Crippen molar-refractivity contribution >= 4 is 5.78 Å². The van der Waals surface area contributed by atoms with Crippen LogP contribution in [-0.2, 0) is 13.0 Å². The molecule has 0 aliphatic heterocycles. The van der Waals surface area contributed by atoms with E-state index in [4.69, 9.17) is 0 Å². The van der Waals surface area contributed by atoms with E-state index in [9.17, 15) is 4.79 Å². The zero-order chi connectivity index (χ0) is 12.3. The van der Waals surface area contributed by atoms with Crippen molar-refractivity contribution in [1.29, 1.82) is 0 Å². The Bertz CT molecular complexity index is 390. The number of aryl methyl sites for hydroxylation is 2. The molecule has 1 aromatic rings. The van der Waals surface area contributed by atoms with Crippen LogP contribution in [0.15, 0.2) is 12.4 Å². The maximum Gasteiger partial charge on any atom is 0.164 e. The molecule has 0 amide bonds. The number of hydrogen-bond donors (Lipinski definition) is 0. The molecule has 2 rings (SSSR count). The highest BCUT2D eigenvalue weighted by atomic mass is 16.1. The topological polar surface area (TPSA) is 22.0 Å². The summed E-state index contributed by atoms with van der Waals surface area (Å²) in [6.45, 7) is 5.57. The zero-order valence-electron chi connectivity index (χ0n) is 11.0. The van der Waals surface area contributed by atoms with E-state index in [1.807, 2.05) is 0 Å². The normalized spacial score (nSPS) is 16.1. The Hall–Kier alpha value is -1.05. The number of nitrogens with zero attached hydrogens (tertiary/aromatic N) is 1. The highest BCUT2D eigenvalue weighted by molar-refractivity contribution is 5.97. The summed E-state index contributed by atoms with van der Waals surface area (Å²) in [7, 11) is 0. The maximum absolute atomic E-state index is 11.9. The predicted molar refractivity (Wildman–Crippen MR) is 70.4 cm³/mol. The molecule has 1 aliphatic carbocycles. The van der Waals surface area contributed by atoms with E-state index in [0.29, 0.717) is 5.78 Å². The smallest absolute Gasteiger partial charge is 0.164 e. The van der Waals surface area contributed by atoms with Crippen LogP contribution in [0.4, 0.5) is 0 Å². The van der Waals surface area contributed by atoms with E-state index < -0.39 is 0 Å². The molecule has 0 atom stereocenters. The monoisotopic (exact) mass is 233 g/mol. The Morgan fingerprint density at radius 3 is 2.76 bits per heavy atom. The van der Waals surface area contributed by atoms with Gasteiger partial charge in [0.05, 0.1) is 0 Å². The number of carbonyl (C=O) groups is 1. The lowest BCUT2D eigenvalue weighted by atomic mass is 10.1. The molecular weight excluding hydrogens is 210 g/mol. The van der Waals surface area contributed by atoms with Gasteiger partial charge < -0.3 is 4.57 Å². The molecule has 17 heavy (non-hydrogen) atoms. The molecule has 2 nitrogen and oxygen atoms in total. The van der Waals surface area contributed by atoms with Gasteiger partial charge in [0.1, 0.15) is 0 Å². The molecular formula is C15H23NO. The Morgan fingerprint density at radius 2 is 2.00 bits per heavy atom. The van der Waals surface area contributed by atoms with Crippen molar-refractivity contribution in [2.24, 2.45) is 5.92 Å². The minimum absolute atomic E-state index is 0.347. The second-order valence-electron chi connectivity index (χ2n) is 5.60. The molecule has 0 fully saturated rings. The summed E-state index contributed by atoms with van der Waals surface area (Å²) in [5.41, 5.74) is 2.27. The van der Waals surface area contributed by atoms with E-state index in [-0.39, 0.29) is 0 Å². The summed E-state index contributed by atoms with van der Waals surface area (Å²) in [6.07, 6.45) is 10.8. The largest absolute Gasteiger partial charge is 0.353 e. The molecule has 0 bridgehead atoms. The van der Waals surface area contributed by atoms with Crippen LogP contribution in [0.25, 0.3) is 0 Å². The zero-order valence-corrected chi connectivity index (χ0v) is 11.0. The van der Waals surface area contributed by atoms with Gasteiger partial charge in [-0.2, -0.15) is 0 Å². The van der Waals surface area contributed by atoms with Crippen molar-refractivity contribution in [3.63, 3.8) is 0 Å². The van der Waals surface area contributed by atoms with Crippen molar-refractivity contribution in [1.82, 2.24) is 4.57 Å². The van der Waals surface area contributed by atoms with E-state index in [1.165, 1.54) is 18.4 Å². The molecule has 0 saturated carbocycles. The number of aromatic nitrogens is 1. The molecule has 0 aromatic carbocycles. The molecule has 1 aromatic heterocycles. The standard InChI is InChI=1S/C15H23NO/c1-12(2)6-5-9-16-10-13-7-3-4-8-15(17)14(13)11-16/h10-12H,3-9H2,1-2H3. The van der Waals surface area contributed by atoms with Gasteiger partial charge in [0.15, 0.2) is 5.78 Å². The van der Waals surface area contributed by atoms with Gasteiger partial charge in [-0.1, -0.05) is 13.8 Å².